The van der Waals surface area contributed by atoms with Gasteiger partial charge in [0.25, 0.3) is 6.47 Å². The molecule has 7 heteroatoms. The van der Waals surface area contributed by atoms with E-state index in [1.807, 2.05) is 0 Å². The highest BCUT2D eigenvalue weighted by molar-refractivity contribution is 9.10. The zero-order valence-corrected chi connectivity index (χ0v) is 14.0. The Morgan fingerprint density at radius 1 is 1.50 bits per heavy atom. The van der Waals surface area contributed by atoms with Gasteiger partial charge in [0.1, 0.15) is 16.0 Å². The minimum absolute atomic E-state index is 0.175. The van der Waals surface area contributed by atoms with Crippen molar-refractivity contribution in [3.8, 4) is 5.75 Å². The zero-order chi connectivity index (χ0) is 16.2. The molecule has 0 radical (unpaired) electrons. The summed E-state index contributed by atoms with van der Waals surface area (Å²) in [5.41, 5.74) is 0.357. The summed E-state index contributed by atoms with van der Waals surface area (Å²) < 4.78 is 6.83. The Morgan fingerprint density at radius 3 is 2.73 bits per heavy atom. The monoisotopic (exact) mass is 370 g/mol. The number of carbonyl (C=O) groups excluding carboxylic acids is 1. The molecule has 0 bridgehead atoms. The minimum atomic E-state index is -0.300. The van der Waals surface area contributed by atoms with E-state index in [1.165, 1.54) is 0 Å². The predicted molar refractivity (Wildman–Crippen MR) is 84.3 cm³/mol. The molecule has 120 valence electrons. The summed E-state index contributed by atoms with van der Waals surface area (Å²) in [6, 6.07) is 1.76. The number of rotatable bonds is 1. The molecule has 0 saturated carbocycles. The summed E-state index contributed by atoms with van der Waals surface area (Å²) in [6.45, 7) is 4.99. The summed E-state index contributed by atoms with van der Waals surface area (Å²) >= 11 is 3.30. The number of carbonyl (C=O) groups is 2. The van der Waals surface area contributed by atoms with E-state index in [9.17, 15) is 4.79 Å². The lowest BCUT2D eigenvalue weighted by atomic mass is 9.83. The van der Waals surface area contributed by atoms with Gasteiger partial charge >= 0.3 is 0 Å². The highest BCUT2D eigenvalue weighted by atomic mass is 79.9. The van der Waals surface area contributed by atoms with Crippen molar-refractivity contribution in [1.82, 2.24) is 9.88 Å². The molecule has 1 saturated heterocycles. The van der Waals surface area contributed by atoms with E-state index in [0.29, 0.717) is 22.3 Å². The Hall–Kier alpha value is -1.47. The van der Waals surface area contributed by atoms with Crippen LogP contribution in [0.3, 0.4) is 0 Å². The number of hydrogen-bond acceptors (Lipinski definition) is 5. The predicted octanol–water partition coefficient (Wildman–Crippen LogP) is 2.36. The number of fused-ring (bicyclic) bond motifs is 1. The summed E-state index contributed by atoms with van der Waals surface area (Å²) in [6.07, 6.45) is 3.99. The number of aromatic nitrogens is 1. The van der Waals surface area contributed by atoms with E-state index in [0.717, 1.165) is 32.5 Å². The summed E-state index contributed by atoms with van der Waals surface area (Å²) in [7, 11) is 0. The standard InChI is InChI=1S/C14H17BrN2O2.CH2O2/c1-2-17-5-3-14(4-6-17)8-11(18)10-7-13(15)16-9-12(10)19-14;2-1-3/h7,9H,2-6,8H2,1H3;1H,(H,2,3). The van der Waals surface area contributed by atoms with Crippen LogP contribution in [0.15, 0.2) is 16.9 Å². The van der Waals surface area contributed by atoms with Crippen LogP contribution in [0.4, 0.5) is 0 Å². The number of halogens is 1. The van der Waals surface area contributed by atoms with Gasteiger partial charge in [-0.15, -0.1) is 0 Å². The third-order valence-corrected chi connectivity index (χ3v) is 4.59. The number of carboxylic acid groups (broad SMARTS) is 1. The highest BCUT2D eigenvalue weighted by Gasteiger charge is 2.42. The molecule has 0 unspecified atom stereocenters. The fraction of sp³-hybridized carbons (Fsp3) is 0.533. The number of piperidine rings is 1. The van der Waals surface area contributed by atoms with Gasteiger partial charge in [-0.05, 0) is 28.5 Å². The summed E-state index contributed by atoms with van der Waals surface area (Å²) in [5.74, 6) is 0.818. The topological polar surface area (TPSA) is 79.7 Å². The maximum atomic E-state index is 12.3. The van der Waals surface area contributed by atoms with E-state index < -0.39 is 0 Å². The lowest BCUT2D eigenvalue weighted by Gasteiger charge is -2.43. The van der Waals surface area contributed by atoms with Crippen molar-refractivity contribution in [2.75, 3.05) is 19.6 Å². The molecule has 0 atom stereocenters. The molecule has 1 aromatic heterocycles. The summed E-state index contributed by atoms with van der Waals surface area (Å²) in [4.78, 5) is 27.2. The largest absolute Gasteiger partial charge is 0.484 e. The maximum absolute atomic E-state index is 12.3. The SMILES string of the molecule is CCN1CCC2(CC1)CC(=O)c1cc(Br)ncc1O2.O=CO. The van der Waals surface area contributed by atoms with Gasteiger partial charge in [0.2, 0.25) is 0 Å². The molecule has 1 aromatic rings. The van der Waals surface area contributed by atoms with Gasteiger partial charge in [-0.1, -0.05) is 6.92 Å². The molecule has 2 aliphatic heterocycles. The average Bonchev–Trinajstić information content (AvgIpc) is 2.50. The average molecular weight is 371 g/mol. The Kier molecular flexibility index (Phi) is 5.52. The molecular weight excluding hydrogens is 352 g/mol. The normalized spacial score (nSPS) is 19.6. The Morgan fingerprint density at radius 2 is 2.14 bits per heavy atom. The first-order valence-electron chi connectivity index (χ1n) is 7.21. The van der Waals surface area contributed by atoms with Gasteiger partial charge in [-0.25, -0.2) is 4.98 Å². The fourth-order valence-corrected chi connectivity index (χ4v) is 3.26. The van der Waals surface area contributed by atoms with Crippen molar-refractivity contribution < 1.29 is 19.4 Å². The van der Waals surface area contributed by atoms with Crippen LogP contribution in [-0.4, -0.2) is 52.5 Å². The smallest absolute Gasteiger partial charge is 0.290 e. The number of ketones is 1. The molecular formula is C15H19BrN2O4. The third kappa shape index (κ3) is 3.64. The molecule has 2 aliphatic rings. The highest BCUT2D eigenvalue weighted by Crippen LogP contribution is 2.39. The van der Waals surface area contributed by atoms with Crippen molar-refractivity contribution in [3.05, 3.63) is 22.4 Å². The molecule has 6 nitrogen and oxygen atoms in total. The number of likely N-dealkylation sites (tertiary alicyclic amines) is 1. The van der Waals surface area contributed by atoms with E-state index in [-0.39, 0.29) is 17.9 Å². The van der Waals surface area contributed by atoms with Crippen molar-refractivity contribution in [2.45, 2.75) is 31.8 Å². The number of pyridine rings is 1. The van der Waals surface area contributed by atoms with E-state index in [1.54, 1.807) is 12.3 Å². The fourth-order valence-electron chi connectivity index (χ4n) is 2.93. The molecule has 0 aromatic carbocycles. The third-order valence-electron chi connectivity index (χ3n) is 4.16. The van der Waals surface area contributed by atoms with Gasteiger partial charge < -0.3 is 14.7 Å². The van der Waals surface area contributed by atoms with Crippen LogP contribution in [0.5, 0.6) is 5.75 Å². The lowest BCUT2D eigenvalue weighted by Crippen LogP contribution is -2.50. The number of ether oxygens (including phenoxy) is 1. The van der Waals surface area contributed by atoms with Crippen LogP contribution in [0.25, 0.3) is 0 Å². The van der Waals surface area contributed by atoms with Crippen LogP contribution in [0, 0.1) is 0 Å². The molecule has 1 N–H and O–H groups in total. The molecule has 0 amide bonds. The molecule has 3 heterocycles. The molecule has 0 aliphatic carbocycles. The zero-order valence-electron chi connectivity index (χ0n) is 12.4. The quantitative estimate of drug-likeness (QED) is 0.603. The van der Waals surface area contributed by atoms with Gasteiger partial charge in [0.05, 0.1) is 18.2 Å². The number of hydrogen-bond donors (Lipinski definition) is 1. The van der Waals surface area contributed by atoms with Crippen LogP contribution >= 0.6 is 15.9 Å². The first kappa shape index (κ1) is 16.9. The second-order valence-electron chi connectivity index (χ2n) is 5.43. The van der Waals surface area contributed by atoms with E-state index in [4.69, 9.17) is 14.6 Å². The number of nitrogens with zero attached hydrogens (tertiary/aromatic N) is 2. The van der Waals surface area contributed by atoms with Crippen molar-refractivity contribution in [1.29, 1.82) is 0 Å². The first-order valence-corrected chi connectivity index (χ1v) is 8.01. The van der Waals surface area contributed by atoms with Gasteiger partial charge in [0.15, 0.2) is 5.78 Å². The van der Waals surface area contributed by atoms with Crippen LogP contribution in [-0.2, 0) is 4.79 Å². The van der Waals surface area contributed by atoms with E-state index in [2.05, 4.69) is 32.7 Å². The Labute approximate surface area is 137 Å². The van der Waals surface area contributed by atoms with Crippen LogP contribution < -0.4 is 4.74 Å². The first-order chi connectivity index (χ1) is 10.5. The van der Waals surface area contributed by atoms with Crippen molar-refractivity contribution in [2.24, 2.45) is 0 Å². The summed E-state index contributed by atoms with van der Waals surface area (Å²) in [5, 5.41) is 6.89. The minimum Gasteiger partial charge on any atom is -0.484 e. The molecule has 1 spiro atoms. The second-order valence-corrected chi connectivity index (χ2v) is 6.24. The van der Waals surface area contributed by atoms with Gasteiger partial charge in [-0.3, -0.25) is 9.59 Å². The van der Waals surface area contributed by atoms with Gasteiger partial charge in [-0.2, -0.15) is 0 Å². The van der Waals surface area contributed by atoms with Crippen LogP contribution in [0.1, 0.15) is 36.5 Å². The molecule has 22 heavy (non-hydrogen) atoms. The maximum Gasteiger partial charge on any atom is 0.290 e. The lowest BCUT2D eigenvalue weighted by molar-refractivity contribution is -0.122. The van der Waals surface area contributed by atoms with Crippen molar-refractivity contribution in [3.63, 3.8) is 0 Å². The Balaban J connectivity index is 0.000000545. The van der Waals surface area contributed by atoms with Gasteiger partial charge in [0, 0.05) is 25.9 Å². The number of Topliss-reactive ketones (excluding diaryl/α,β-unsaturated/α-hetero) is 1. The Bertz CT molecular complexity index is 556. The van der Waals surface area contributed by atoms with Crippen molar-refractivity contribution >= 4 is 28.2 Å². The molecule has 3 rings (SSSR count). The van der Waals surface area contributed by atoms with E-state index >= 15 is 0 Å². The molecule has 1 fully saturated rings. The second kappa shape index (κ2) is 7.19. The van der Waals surface area contributed by atoms with Crippen LogP contribution in [0.2, 0.25) is 0 Å².